The van der Waals surface area contributed by atoms with Gasteiger partial charge in [0.25, 0.3) is 5.91 Å². The zero-order chi connectivity index (χ0) is 44.1. The van der Waals surface area contributed by atoms with Crippen LogP contribution in [-0.4, -0.2) is 82.9 Å². The monoisotopic (exact) mass is 843 g/mol. The number of Topliss-reactive ketones (excluding diaryl/α,β-unsaturated/α-hetero) is 2. The number of hydrogen-bond donors (Lipinski definition) is 1. The molecule has 0 radical (unpaired) electrons. The van der Waals surface area contributed by atoms with Gasteiger partial charge in [0.15, 0.2) is 11.9 Å². The second kappa shape index (κ2) is 23.1. The van der Waals surface area contributed by atoms with E-state index in [-0.39, 0.29) is 77.8 Å². The fourth-order valence-corrected chi connectivity index (χ4v) is 9.26. The number of esters is 1. The quantitative estimate of drug-likeness (QED) is 0.0994. The van der Waals surface area contributed by atoms with Crippen LogP contribution in [0.5, 0.6) is 0 Å². The van der Waals surface area contributed by atoms with Crippen LogP contribution >= 0.6 is 11.3 Å². The summed E-state index contributed by atoms with van der Waals surface area (Å²) in [5, 5.41) is 5.30. The molecule has 3 aromatic rings. The standard InChI is InChI=1S/C49H70N4O6S/c1-11-33(6)40(28-45(56)42-19-15-16-24-52(42)9)49(58)53(10)43(32(4)5)29-46(59-35(8)54)48-51-41(30-60-48)47(57)50-39(26-36-17-13-12-14-18-36)25-34(7)44(55)27-37-20-22-38(23-21-37)31(2)3/h12-14,17-18,20-23,30-34,39-40,42-43,46H,11,15-16,19,24-29H2,1-10H3,(H,50,57)/t33-,34-,39+,40?,42+,43+,46+/m0/s1. The lowest BCUT2D eigenvalue weighted by atomic mass is 9.83. The van der Waals surface area contributed by atoms with Crippen molar-refractivity contribution in [2.75, 3.05) is 20.6 Å². The minimum Gasteiger partial charge on any atom is -0.455 e. The van der Waals surface area contributed by atoms with Gasteiger partial charge in [-0.1, -0.05) is 116 Å². The van der Waals surface area contributed by atoms with Crippen molar-refractivity contribution in [2.45, 2.75) is 143 Å². The smallest absolute Gasteiger partial charge is 0.303 e. The molecule has 2 aromatic carbocycles. The molecule has 0 spiro atoms. The summed E-state index contributed by atoms with van der Waals surface area (Å²) >= 11 is 1.24. The van der Waals surface area contributed by atoms with Crippen molar-refractivity contribution in [3.05, 3.63) is 87.4 Å². The molecular weight excluding hydrogens is 773 g/mol. The summed E-state index contributed by atoms with van der Waals surface area (Å²) in [6.07, 6.45) is 4.65. The zero-order valence-corrected chi connectivity index (χ0v) is 38.6. The molecule has 11 heteroatoms. The van der Waals surface area contributed by atoms with Crippen LogP contribution in [0.3, 0.4) is 0 Å². The highest BCUT2D eigenvalue weighted by Gasteiger charge is 2.38. The predicted molar refractivity (Wildman–Crippen MR) is 240 cm³/mol. The fraction of sp³-hybridized carbons (Fsp3) is 0.592. The molecule has 7 atom stereocenters. The lowest BCUT2D eigenvalue weighted by Crippen LogP contribution is -2.48. The number of likely N-dealkylation sites (N-methyl/N-ethyl adjacent to an activating group) is 1. The van der Waals surface area contributed by atoms with Crippen LogP contribution in [0, 0.1) is 23.7 Å². The van der Waals surface area contributed by atoms with Gasteiger partial charge in [-0.15, -0.1) is 11.3 Å². The lowest BCUT2D eigenvalue weighted by Gasteiger charge is -2.37. The second-order valence-corrected chi connectivity index (χ2v) is 18.7. The van der Waals surface area contributed by atoms with E-state index in [0.717, 1.165) is 43.4 Å². The van der Waals surface area contributed by atoms with E-state index in [4.69, 9.17) is 9.72 Å². The van der Waals surface area contributed by atoms with Gasteiger partial charge >= 0.3 is 5.97 Å². The number of nitrogens with one attached hydrogen (secondary N) is 1. The Morgan fingerprint density at radius 1 is 0.933 bits per heavy atom. The molecule has 60 heavy (non-hydrogen) atoms. The first-order chi connectivity index (χ1) is 28.5. The molecule has 1 saturated heterocycles. The first-order valence-corrected chi connectivity index (χ1v) is 22.9. The summed E-state index contributed by atoms with van der Waals surface area (Å²) in [6.45, 7) is 16.6. The minimum atomic E-state index is -0.802. The third kappa shape index (κ3) is 13.9. The number of rotatable bonds is 22. The van der Waals surface area contributed by atoms with Crippen LogP contribution in [0.4, 0.5) is 0 Å². The number of nitrogens with zero attached hydrogens (tertiary/aromatic N) is 3. The number of aromatic nitrogens is 1. The molecule has 1 fully saturated rings. The van der Waals surface area contributed by atoms with E-state index in [1.807, 2.05) is 84.1 Å². The molecule has 1 aromatic heterocycles. The van der Waals surface area contributed by atoms with Crippen LogP contribution in [0.1, 0.15) is 145 Å². The number of hydrogen-bond acceptors (Lipinski definition) is 9. The molecule has 0 bridgehead atoms. The van der Waals surface area contributed by atoms with Gasteiger partial charge in [-0.3, -0.25) is 28.9 Å². The Labute approximate surface area is 363 Å². The van der Waals surface area contributed by atoms with Crippen LogP contribution < -0.4 is 5.32 Å². The van der Waals surface area contributed by atoms with E-state index in [1.54, 1.807) is 17.3 Å². The average molecular weight is 843 g/mol. The summed E-state index contributed by atoms with van der Waals surface area (Å²) in [6, 6.07) is 17.2. The van der Waals surface area contributed by atoms with E-state index in [2.05, 4.69) is 36.2 Å². The van der Waals surface area contributed by atoms with E-state index in [1.165, 1.54) is 23.8 Å². The van der Waals surface area contributed by atoms with Crippen LogP contribution in [-0.2, 0) is 36.8 Å². The first kappa shape index (κ1) is 48.4. The molecule has 1 N–H and O–H groups in total. The fourth-order valence-electron chi connectivity index (χ4n) is 8.42. The Hall–Kier alpha value is -4.22. The average Bonchev–Trinajstić information content (AvgIpc) is 3.72. The summed E-state index contributed by atoms with van der Waals surface area (Å²) in [5.41, 5.74) is 3.44. The van der Waals surface area contributed by atoms with Gasteiger partial charge in [-0.25, -0.2) is 4.98 Å². The van der Waals surface area contributed by atoms with Gasteiger partial charge < -0.3 is 15.0 Å². The third-order valence-corrected chi connectivity index (χ3v) is 13.4. The number of carbonyl (C=O) groups is 5. The Morgan fingerprint density at radius 2 is 1.62 bits per heavy atom. The van der Waals surface area contributed by atoms with E-state index >= 15 is 0 Å². The van der Waals surface area contributed by atoms with E-state index in [0.29, 0.717) is 30.2 Å². The van der Waals surface area contributed by atoms with Crippen LogP contribution in [0.2, 0.25) is 0 Å². The van der Waals surface area contributed by atoms with Crippen molar-refractivity contribution in [1.82, 2.24) is 20.1 Å². The lowest BCUT2D eigenvalue weighted by molar-refractivity contribution is -0.149. The number of piperidine rings is 1. The number of ether oxygens (including phenoxy) is 1. The number of amides is 2. The number of carbonyl (C=O) groups excluding carboxylic acids is 5. The predicted octanol–water partition coefficient (Wildman–Crippen LogP) is 9.03. The van der Waals surface area contributed by atoms with Gasteiger partial charge in [0.05, 0.1) is 6.04 Å². The molecule has 0 aliphatic carbocycles. The number of ketones is 2. The molecular formula is C49H70N4O6S. The highest BCUT2D eigenvalue weighted by Crippen LogP contribution is 2.33. The molecule has 2 amide bonds. The maximum absolute atomic E-state index is 14.4. The second-order valence-electron chi connectivity index (χ2n) is 17.9. The van der Waals surface area contributed by atoms with Gasteiger partial charge in [0.1, 0.15) is 16.5 Å². The molecule has 4 rings (SSSR count). The summed E-state index contributed by atoms with van der Waals surface area (Å²) in [7, 11) is 3.78. The Morgan fingerprint density at radius 3 is 2.22 bits per heavy atom. The van der Waals surface area contributed by atoms with Gasteiger partial charge in [-0.2, -0.15) is 0 Å². The number of benzene rings is 2. The van der Waals surface area contributed by atoms with Crippen molar-refractivity contribution in [3.8, 4) is 0 Å². The highest BCUT2D eigenvalue weighted by atomic mass is 32.1. The molecule has 1 aliphatic rings. The molecule has 2 heterocycles. The highest BCUT2D eigenvalue weighted by molar-refractivity contribution is 7.09. The number of likely N-dealkylation sites (tertiary alicyclic amines) is 1. The first-order valence-electron chi connectivity index (χ1n) is 22.1. The summed E-state index contributed by atoms with van der Waals surface area (Å²) in [4.78, 5) is 76.5. The van der Waals surface area contributed by atoms with Crippen molar-refractivity contribution in [2.24, 2.45) is 23.7 Å². The van der Waals surface area contributed by atoms with Crippen molar-refractivity contribution in [3.63, 3.8) is 0 Å². The molecule has 328 valence electrons. The van der Waals surface area contributed by atoms with Crippen molar-refractivity contribution < 1.29 is 28.7 Å². The summed E-state index contributed by atoms with van der Waals surface area (Å²) in [5.74, 6) is -1.08. The summed E-state index contributed by atoms with van der Waals surface area (Å²) < 4.78 is 5.87. The maximum atomic E-state index is 14.4. The molecule has 10 nitrogen and oxygen atoms in total. The molecule has 0 saturated carbocycles. The minimum absolute atomic E-state index is 0.00342. The van der Waals surface area contributed by atoms with Crippen molar-refractivity contribution in [1.29, 1.82) is 0 Å². The number of thiazole rings is 1. The van der Waals surface area contributed by atoms with Crippen LogP contribution in [0.15, 0.2) is 60.0 Å². The third-order valence-electron chi connectivity index (χ3n) is 12.5. The van der Waals surface area contributed by atoms with E-state index in [9.17, 15) is 24.0 Å². The molecule has 1 unspecified atom stereocenters. The zero-order valence-electron chi connectivity index (χ0n) is 37.7. The Kier molecular flexibility index (Phi) is 18.7. The molecule has 1 aliphatic heterocycles. The Bertz CT molecular complexity index is 1860. The Balaban J connectivity index is 1.50. The topological polar surface area (TPSA) is 126 Å². The SMILES string of the molecule is CC[C@H](C)C(CC(=O)[C@H]1CCCCN1C)C(=O)N(C)[C@H](C[C@@H](OC(C)=O)c1nc(C(=O)N[C@@H](Cc2ccccc2)C[C@H](C)C(=O)Cc2ccc(C(C)C)cc2)cs1)C(C)C. The van der Waals surface area contributed by atoms with Gasteiger partial charge in [-0.05, 0) is 73.7 Å². The van der Waals surface area contributed by atoms with Crippen molar-refractivity contribution >= 4 is 40.7 Å². The van der Waals surface area contributed by atoms with E-state index < -0.39 is 18.0 Å². The van der Waals surface area contributed by atoms with Crippen LogP contribution in [0.25, 0.3) is 0 Å². The van der Waals surface area contributed by atoms with Gasteiger partial charge in [0.2, 0.25) is 5.91 Å². The maximum Gasteiger partial charge on any atom is 0.303 e. The normalized spacial score (nSPS) is 17.6. The van der Waals surface area contributed by atoms with Gasteiger partial charge in [0, 0.05) is 62.5 Å². The largest absolute Gasteiger partial charge is 0.455 e.